The average molecular weight is 224 g/mol. The molecule has 1 rings (SSSR count). The number of hydrogen-bond acceptors (Lipinski definition) is 3. The summed E-state index contributed by atoms with van der Waals surface area (Å²) in [4.78, 5) is 10.7. The summed E-state index contributed by atoms with van der Waals surface area (Å²) in [5.74, 6) is -0.824. The van der Waals surface area contributed by atoms with Crippen LogP contribution in [0.1, 0.15) is 31.9 Å². The third-order valence-electron chi connectivity index (χ3n) is 2.56. The Morgan fingerprint density at radius 3 is 2.25 bits per heavy atom. The van der Waals surface area contributed by atoms with Gasteiger partial charge in [-0.15, -0.1) is 0 Å². The molecule has 0 spiro atoms. The topological polar surface area (TPSA) is 77.8 Å². The van der Waals surface area contributed by atoms with Crippen LogP contribution in [0.3, 0.4) is 0 Å². The molecule has 0 amide bonds. The molecule has 0 heterocycles. The van der Waals surface area contributed by atoms with Crippen molar-refractivity contribution < 1.29 is 20.1 Å². The fourth-order valence-electron chi connectivity index (χ4n) is 1.59. The molecule has 0 fully saturated rings. The predicted octanol–water partition coefficient (Wildman–Crippen LogP) is 1.93. The van der Waals surface area contributed by atoms with Crippen molar-refractivity contribution in [3.63, 3.8) is 0 Å². The minimum Gasteiger partial charge on any atom is -0.508 e. The summed E-state index contributed by atoms with van der Waals surface area (Å²) in [6.45, 7) is 3.39. The van der Waals surface area contributed by atoms with E-state index in [0.717, 1.165) is 0 Å². The molecule has 0 aromatic heterocycles. The second-order valence-corrected chi connectivity index (χ2v) is 4.55. The van der Waals surface area contributed by atoms with Crippen LogP contribution < -0.4 is 0 Å². The van der Waals surface area contributed by atoms with Gasteiger partial charge in [-0.25, -0.2) is 0 Å². The number of aromatic hydroxyl groups is 1. The summed E-state index contributed by atoms with van der Waals surface area (Å²) >= 11 is 0. The number of phenols is 1. The van der Waals surface area contributed by atoms with E-state index in [1.807, 2.05) is 0 Å². The van der Waals surface area contributed by atoms with Gasteiger partial charge in [-0.1, -0.05) is 26.0 Å². The lowest BCUT2D eigenvalue weighted by atomic mass is 9.80. The predicted molar refractivity (Wildman–Crippen MR) is 59.1 cm³/mol. The molecule has 1 aromatic rings. The van der Waals surface area contributed by atoms with Gasteiger partial charge in [0.15, 0.2) is 0 Å². The molecule has 0 saturated heterocycles. The maximum atomic E-state index is 10.7. The van der Waals surface area contributed by atoms with E-state index in [0.29, 0.717) is 5.56 Å². The lowest BCUT2D eigenvalue weighted by Crippen LogP contribution is -2.25. The molecule has 0 aliphatic rings. The van der Waals surface area contributed by atoms with E-state index in [1.165, 1.54) is 12.1 Å². The number of carboxylic acids is 1. The van der Waals surface area contributed by atoms with Crippen molar-refractivity contribution in [3.05, 3.63) is 29.8 Å². The molecule has 16 heavy (non-hydrogen) atoms. The number of aliphatic carboxylic acids is 1. The van der Waals surface area contributed by atoms with Crippen molar-refractivity contribution in [1.82, 2.24) is 0 Å². The third kappa shape index (κ3) is 2.97. The van der Waals surface area contributed by atoms with E-state index in [1.54, 1.807) is 26.0 Å². The number of aliphatic hydroxyl groups excluding tert-OH is 1. The average Bonchev–Trinajstić information content (AvgIpc) is 2.16. The first kappa shape index (κ1) is 12.5. The fraction of sp³-hybridized carbons (Fsp3) is 0.417. The maximum absolute atomic E-state index is 10.7. The smallest absolute Gasteiger partial charge is 0.303 e. The Morgan fingerprint density at radius 2 is 1.81 bits per heavy atom. The number of benzene rings is 1. The second kappa shape index (κ2) is 4.53. The van der Waals surface area contributed by atoms with Crippen molar-refractivity contribution in [2.45, 2.75) is 26.4 Å². The Balaban J connectivity index is 2.88. The molecule has 0 bridgehead atoms. The summed E-state index contributed by atoms with van der Waals surface area (Å²) in [6, 6.07) is 6.11. The van der Waals surface area contributed by atoms with E-state index in [9.17, 15) is 9.90 Å². The molecule has 1 aromatic carbocycles. The summed E-state index contributed by atoms with van der Waals surface area (Å²) in [5, 5.41) is 27.9. The van der Waals surface area contributed by atoms with Crippen LogP contribution in [-0.2, 0) is 4.79 Å². The van der Waals surface area contributed by atoms with Crippen molar-refractivity contribution >= 4 is 5.97 Å². The van der Waals surface area contributed by atoms with Gasteiger partial charge in [0.2, 0.25) is 0 Å². The first-order valence-corrected chi connectivity index (χ1v) is 5.02. The summed E-state index contributed by atoms with van der Waals surface area (Å²) in [5.41, 5.74) is -0.146. The molecule has 0 aliphatic heterocycles. The summed E-state index contributed by atoms with van der Waals surface area (Å²) < 4.78 is 0. The Morgan fingerprint density at radius 1 is 1.31 bits per heavy atom. The van der Waals surface area contributed by atoms with Crippen LogP contribution in [0.25, 0.3) is 0 Å². The number of hydrogen-bond donors (Lipinski definition) is 3. The van der Waals surface area contributed by atoms with Gasteiger partial charge in [-0.05, 0) is 17.7 Å². The monoisotopic (exact) mass is 224 g/mol. The number of aliphatic hydroxyl groups is 1. The van der Waals surface area contributed by atoms with Crippen LogP contribution in [0.5, 0.6) is 5.75 Å². The number of rotatable bonds is 4. The van der Waals surface area contributed by atoms with Crippen molar-refractivity contribution in [1.29, 1.82) is 0 Å². The van der Waals surface area contributed by atoms with Gasteiger partial charge in [-0.2, -0.15) is 0 Å². The molecule has 0 aliphatic carbocycles. The second-order valence-electron chi connectivity index (χ2n) is 4.55. The van der Waals surface area contributed by atoms with Crippen LogP contribution in [0, 0.1) is 5.41 Å². The lowest BCUT2D eigenvalue weighted by Gasteiger charge is -2.29. The zero-order valence-electron chi connectivity index (χ0n) is 9.34. The largest absolute Gasteiger partial charge is 0.508 e. The van der Waals surface area contributed by atoms with E-state index < -0.39 is 17.5 Å². The Bertz CT molecular complexity index is 367. The molecule has 4 heteroatoms. The Labute approximate surface area is 94.2 Å². The highest BCUT2D eigenvalue weighted by Crippen LogP contribution is 2.36. The molecule has 1 unspecified atom stereocenters. The normalized spacial score (nSPS) is 13.4. The van der Waals surface area contributed by atoms with E-state index in [4.69, 9.17) is 10.2 Å². The lowest BCUT2D eigenvalue weighted by molar-refractivity contribution is -0.141. The van der Waals surface area contributed by atoms with Gasteiger partial charge in [0.25, 0.3) is 0 Å². The zero-order chi connectivity index (χ0) is 12.3. The standard InChI is InChI=1S/C12H16O4/c1-12(2,7-10(14)15)11(16)8-3-5-9(13)6-4-8/h3-6,11,13,16H,7H2,1-2H3,(H,14,15). The zero-order valence-corrected chi connectivity index (χ0v) is 9.34. The van der Waals surface area contributed by atoms with E-state index in [-0.39, 0.29) is 12.2 Å². The molecule has 0 radical (unpaired) electrons. The van der Waals surface area contributed by atoms with E-state index in [2.05, 4.69) is 0 Å². The Hall–Kier alpha value is -1.55. The van der Waals surface area contributed by atoms with Gasteiger partial charge >= 0.3 is 5.97 Å². The summed E-state index contributed by atoms with van der Waals surface area (Å²) in [6.07, 6.45) is -0.987. The fourth-order valence-corrected chi connectivity index (χ4v) is 1.59. The molecular formula is C12H16O4. The van der Waals surface area contributed by atoms with Crippen molar-refractivity contribution in [2.24, 2.45) is 5.41 Å². The number of phenolic OH excluding ortho intramolecular Hbond substituents is 1. The maximum Gasteiger partial charge on any atom is 0.303 e. The van der Waals surface area contributed by atoms with Crippen LogP contribution in [-0.4, -0.2) is 21.3 Å². The first-order valence-electron chi connectivity index (χ1n) is 5.02. The highest BCUT2D eigenvalue weighted by molar-refractivity contribution is 5.67. The highest BCUT2D eigenvalue weighted by atomic mass is 16.4. The molecule has 4 nitrogen and oxygen atoms in total. The summed E-state index contributed by atoms with van der Waals surface area (Å²) in [7, 11) is 0. The quantitative estimate of drug-likeness (QED) is 0.730. The SMILES string of the molecule is CC(C)(CC(=O)O)C(O)c1ccc(O)cc1. The van der Waals surface area contributed by atoms with Gasteiger partial charge in [0, 0.05) is 5.41 Å². The van der Waals surface area contributed by atoms with Gasteiger partial charge < -0.3 is 15.3 Å². The van der Waals surface area contributed by atoms with Crippen LogP contribution >= 0.6 is 0 Å². The molecular weight excluding hydrogens is 208 g/mol. The van der Waals surface area contributed by atoms with Gasteiger partial charge in [-0.3, -0.25) is 4.79 Å². The number of carbonyl (C=O) groups is 1. The highest BCUT2D eigenvalue weighted by Gasteiger charge is 2.31. The van der Waals surface area contributed by atoms with Crippen molar-refractivity contribution in [3.8, 4) is 5.75 Å². The Kier molecular flexibility index (Phi) is 3.55. The van der Waals surface area contributed by atoms with Gasteiger partial charge in [0.1, 0.15) is 5.75 Å². The first-order chi connectivity index (χ1) is 7.33. The minimum atomic E-state index is -0.942. The van der Waals surface area contributed by atoms with Crippen LogP contribution in [0.4, 0.5) is 0 Å². The van der Waals surface area contributed by atoms with Crippen LogP contribution in [0.15, 0.2) is 24.3 Å². The molecule has 0 saturated carbocycles. The van der Waals surface area contributed by atoms with Crippen molar-refractivity contribution in [2.75, 3.05) is 0 Å². The third-order valence-corrected chi connectivity index (χ3v) is 2.56. The molecule has 3 N–H and O–H groups in total. The molecule has 88 valence electrons. The number of carboxylic acid groups (broad SMARTS) is 1. The van der Waals surface area contributed by atoms with E-state index >= 15 is 0 Å². The molecule has 1 atom stereocenters. The minimum absolute atomic E-state index is 0.116. The van der Waals surface area contributed by atoms with Crippen LogP contribution in [0.2, 0.25) is 0 Å². The van der Waals surface area contributed by atoms with Gasteiger partial charge in [0.05, 0.1) is 12.5 Å².